The Morgan fingerprint density at radius 3 is 2.88 bits per heavy atom. The molecule has 1 fully saturated rings. The monoisotopic (exact) mass is 220 g/mol. The van der Waals surface area contributed by atoms with E-state index in [-0.39, 0.29) is 11.9 Å². The first-order valence-corrected chi connectivity index (χ1v) is 5.25. The van der Waals surface area contributed by atoms with Crippen molar-refractivity contribution in [1.29, 1.82) is 5.26 Å². The predicted octanol–water partition coefficient (Wildman–Crippen LogP) is 1.55. The van der Waals surface area contributed by atoms with Crippen molar-refractivity contribution in [2.24, 2.45) is 0 Å². The average molecular weight is 220 g/mol. The second-order valence-electron chi connectivity index (χ2n) is 3.82. The van der Waals surface area contributed by atoms with E-state index in [0.29, 0.717) is 19.8 Å². The van der Waals surface area contributed by atoms with Crippen molar-refractivity contribution in [3.8, 4) is 6.07 Å². The van der Waals surface area contributed by atoms with Gasteiger partial charge in [-0.3, -0.25) is 4.90 Å². The van der Waals surface area contributed by atoms with Gasteiger partial charge in [0.2, 0.25) is 0 Å². The fourth-order valence-corrected chi connectivity index (χ4v) is 1.77. The molecule has 0 radical (unpaired) electrons. The molecule has 1 aromatic rings. The molecule has 1 aliphatic rings. The van der Waals surface area contributed by atoms with Gasteiger partial charge in [-0.2, -0.15) is 5.26 Å². The van der Waals surface area contributed by atoms with E-state index < -0.39 is 0 Å². The Morgan fingerprint density at radius 2 is 2.19 bits per heavy atom. The average Bonchev–Trinajstić information content (AvgIpc) is 2.33. The summed E-state index contributed by atoms with van der Waals surface area (Å²) >= 11 is 0. The minimum Gasteiger partial charge on any atom is -0.377 e. The van der Waals surface area contributed by atoms with Crippen LogP contribution in [0.1, 0.15) is 5.56 Å². The van der Waals surface area contributed by atoms with Crippen molar-refractivity contribution in [1.82, 2.24) is 4.90 Å². The van der Waals surface area contributed by atoms with Crippen LogP contribution >= 0.6 is 0 Å². The van der Waals surface area contributed by atoms with Crippen molar-refractivity contribution < 1.29 is 9.13 Å². The first-order chi connectivity index (χ1) is 7.79. The molecule has 0 bridgehead atoms. The zero-order valence-electron chi connectivity index (χ0n) is 8.90. The molecule has 1 heterocycles. The Balaban J connectivity index is 2.02. The van der Waals surface area contributed by atoms with Crippen molar-refractivity contribution in [2.45, 2.75) is 12.6 Å². The normalized spacial score (nSPS) is 21.6. The lowest BCUT2D eigenvalue weighted by Crippen LogP contribution is -2.43. The van der Waals surface area contributed by atoms with E-state index in [1.165, 1.54) is 12.1 Å². The summed E-state index contributed by atoms with van der Waals surface area (Å²) in [6.07, 6.45) is 0. The van der Waals surface area contributed by atoms with Crippen molar-refractivity contribution in [3.05, 3.63) is 35.6 Å². The molecule has 1 aromatic carbocycles. The van der Waals surface area contributed by atoms with Crippen LogP contribution in [0.3, 0.4) is 0 Å². The van der Waals surface area contributed by atoms with Crippen LogP contribution in [0, 0.1) is 17.1 Å². The molecular formula is C12H13FN2O. The number of nitrogens with zero attached hydrogens (tertiary/aromatic N) is 2. The molecule has 2 rings (SSSR count). The predicted molar refractivity (Wildman–Crippen MR) is 57.0 cm³/mol. The third-order valence-corrected chi connectivity index (χ3v) is 2.69. The molecule has 0 aliphatic carbocycles. The third-order valence-electron chi connectivity index (χ3n) is 2.69. The topological polar surface area (TPSA) is 36.3 Å². The van der Waals surface area contributed by atoms with Crippen molar-refractivity contribution in [3.63, 3.8) is 0 Å². The zero-order valence-corrected chi connectivity index (χ0v) is 8.90. The Labute approximate surface area is 94.0 Å². The van der Waals surface area contributed by atoms with Gasteiger partial charge < -0.3 is 4.74 Å². The molecule has 16 heavy (non-hydrogen) atoms. The summed E-state index contributed by atoms with van der Waals surface area (Å²) in [7, 11) is 0. The zero-order chi connectivity index (χ0) is 11.4. The first kappa shape index (κ1) is 11.1. The van der Waals surface area contributed by atoms with Crippen LogP contribution in [-0.2, 0) is 11.3 Å². The molecule has 0 amide bonds. The highest BCUT2D eigenvalue weighted by atomic mass is 19.1. The number of hydrogen-bond acceptors (Lipinski definition) is 3. The van der Waals surface area contributed by atoms with Crippen molar-refractivity contribution >= 4 is 0 Å². The molecule has 84 valence electrons. The Morgan fingerprint density at radius 1 is 1.44 bits per heavy atom. The summed E-state index contributed by atoms with van der Waals surface area (Å²) < 4.78 is 18.0. The van der Waals surface area contributed by atoms with Gasteiger partial charge in [0.1, 0.15) is 11.9 Å². The van der Waals surface area contributed by atoms with Gasteiger partial charge in [-0.1, -0.05) is 12.1 Å². The molecular weight excluding hydrogens is 207 g/mol. The van der Waals surface area contributed by atoms with Gasteiger partial charge >= 0.3 is 0 Å². The molecule has 0 spiro atoms. The van der Waals surface area contributed by atoms with Gasteiger partial charge in [0.15, 0.2) is 0 Å². The lowest BCUT2D eigenvalue weighted by molar-refractivity contribution is 0.00889. The summed E-state index contributed by atoms with van der Waals surface area (Å²) in [6.45, 7) is 2.52. The molecule has 0 unspecified atom stereocenters. The molecule has 3 nitrogen and oxygen atoms in total. The number of rotatable bonds is 2. The van der Waals surface area contributed by atoms with Gasteiger partial charge in [0.25, 0.3) is 0 Å². The second-order valence-corrected chi connectivity index (χ2v) is 3.82. The maximum Gasteiger partial charge on any atom is 0.123 e. The van der Waals surface area contributed by atoms with Crippen LogP contribution < -0.4 is 0 Å². The van der Waals surface area contributed by atoms with E-state index in [1.54, 1.807) is 12.1 Å². The van der Waals surface area contributed by atoms with Crippen LogP contribution in [0.4, 0.5) is 4.39 Å². The molecule has 1 aliphatic heterocycles. The highest BCUT2D eigenvalue weighted by Crippen LogP contribution is 2.12. The minimum absolute atomic E-state index is 0.196. The van der Waals surface area contributed by atoms with Crippen LogP contribution in [-0.4, -0.2) is 30.7 Å². The standard InChI is InChI=1S/C12H13FN2O/c13-11-3-1-10(2-4-11)8-15-5-6-16-9-12(15)7-14/h1-4,12H,5-6,8-9H2/t12-/m1/s1. The lowest BCUT2D eigenvalue weighted by Gasteiger charge is -2.31. The van der Waals surface area contributed by atoms with Crippen LogP contribution in [0.15, 0.2) is 24.3 Å². The van der Waals surface area contributed by atoms with Gasteiger partial charge in [0.05, 0.1) is 19.3 Å². The van der Waals surface area contributed by atoms with Crippen LogP contribution in [0.25, 0.3) is 0 Å². The Hall–Kier alpha value is -1.44. The van der Waals surface area contributed by atoms with E-state index in [4.69, 9.17) is 10.00 Å². The van der Waals surface area contributed by atoms with Gasteiger partial charge in [-0.15, -0.1) is 0 Å². The van der Waals surface area contributed by atoms with Crippen LogP contribution in [0.2, 0.25) is 0 Å². The van der Waals surface area contributed by atoms with E-state index in [0.717, 1.165) is 12.1 Å². The molecule has 1 atom stereocenters. The largest absolute Gasteiger partial charge is 0.377 e. The maximum absolute atomic E-state index is 12.7. The quantitative estimate of drug-likeness (QED) is 0.758. The number of hydrogen-bond donors (Lipinski definition) is 0. The van der Waals surface area contributed by atoms with E-state index in [9.17, 15) is 4.39 Å². The second kappa shape index (κ2) is 5.06. The van der Waals surface area contributed by atoms with Gasteiger partial charge in [-0.25, -0.2) is 4.39 Å². The molecule has 0 aromatic heterocycles. The number of nitriles is 1. The fourth-order valence-electron chi connectivity index (χ4n) is 1.77. The minimum atomic E-state index is -0.234. The number of benzene rings is 1. The Kier molecular flexibility index (Phi) is 3.50. The Bertz CT molecular complexity index is 385. The SMILES string of the molecule is N#C[C@@H]1COCCN1Cc1ccc(F)cc1. The smallest absolute Gasteiger partial charge is 0.123 e. The first-order valence-electron chi connectivity index (χ1n) is 5.25. The summed E-state index contributed by atoms with van der Waals surface area (Å²) in [6, 6.07) is 8.40. The van der Waals surface area contributed by atoms with Gasteiger partial charge in [-0.05, 0) is 17.7 Å². The highest BCUT2D eigenvalue weighted by Gasteiger charge is 2.22. The lowest BCUT2D eigenvalue weighted by atomic mass is 10.1. The number of halogens is 1. The summed E-state index contributed by atoms with van der Waals surface area (Å²) in [4.78, 5) is 2.05. The number of morpholine rings is 1. The van der Waals surface area contributed by atoms with E-state index in [1.807, 2.05) is 0 Å². The van der Waals surface area contributed by atoms with E-state index in [2.05, 4.69) is 11.0 Å². The molecule has 0 saturated carbocycles. The van der Waals surface area contributed by atoms with E-state index >= 15 is 0 Å². The highest BCUT2D eigenvalue weighted by molar-refractivity contribution is 5.16. The van der Waals surface area contributed by atoms with Crippen LogP contribution in [0.5, 0.6) is 0 Å². The van der Waals surface area contributed by atoms with Crippen molar-refractivity contribution in [2.75, 3.05) is 19.8 Å². The fraction of sp³-hybridized carbons (Fsp3) is 0.417. The summed E-state index contributed by atoms with van der Waals surface area (Å²) in [5.41, 5.74) is 1.02. The number of ether oxygens (including phenoxy) is 1. The third kappa shape index (κ3) is 2.57. The molecule has 4 heteroatoms. The summed E-state index contributed by atoms with van der Waals surface area (Å²) in [5, 5.41) is 8.95. The van der Waals surface area contributed by atoms with Gasteiger partial charge in [0, 0.05) is 13.1 Å². The molecule has 1 saturated heterocycles. The maximum atomic E-state index is 12.7. The molecule has 0 N–H and O–H groups in total. The summed E-state index contributed by atoms with van der Waals surface area (Å²) in [5.74, 6) is -0.234.